The molecule has 31 heavy (non-hydrogen) atoms. The minimum Gasteiger partial charge on any atom is -0.368 e. The van der Waals surface area contributed by atoms with Crippen LogP contribution in [-0.4, -0.2) is 48.0 Å². The molecular weight excluding hydrogens is 434 g/mol. The highest BCUT2D eigenvalue weighted by atomic mass is 35.5. The van der Waals surface area contributed by atoms with Gasteiger partial charge in [0, 0.05) is 48.0 Å². The molecule has 1 aromatic heterocycles. The van der Waals surface area contributed by atoms with Crippen LogP contribution >= 0.6 is 22.9 Å². The fourth-order valence-electron chi connectivity index (χ4n) is 3.36. The molecule has 7 nitrogen and oxygen atoms in total. The summed E-state index contributed by atoms with van der Waals surface area (Å²) in [6.45, 7) is 2.88. The molecule has 0 bridgehead atoms. The van der Waals surface area contributed by atoms with Gasteiger partial charge in [-0.05, 0) is 36.4 Å². The van der Waals surface area contributed by atoms with E-state index >= 15 is 0 Å². The molecule has 4 rings (SSSR count). The van der Waals surface area contributed by atoms with Gasteiger partial charge in [-0.25, -0.2) is 9.78 Å². The molecule has 1 fully saturated rings. The van der Waals surface area contributed by atoms with Gasteiger partial charge in [-0.3, -0.25) is 10.1 Å². The lowest BCUT2D eigenvalue weighted by molar-refractivity contribution is -0.130. The van der Waals surface area contributed by atoms with Crippen molar-refractivity contribution in [3.8, 4) is 0 Å². The van der Waals surface area contributed by atoms with E-state index in [0.717, 1.165) is 18.8 Å². The largest absolute Gasteiger partial charge is 0.368 e. The maximum atomic E-state index is 12.7. The Morgan fingerprint density at radius 3 is 2.39 bits per heavy atom. The third kappa shape index (κ3) is 5.74. The number of amides is 3. The molecule has 0 saturated carbocycles. The van der Waals surface area contributed by atoms with Gasteiger partial charge in [0.05, 0.1) is 12.1 Å². The average Bonchev–Trinajstić information content (AvgIpc) is 3.21. The van der Waals surface area contributed by atoms with E-state index in [-0.39, 0.29) is 18.4 Å². The molecular formula is C22H22ClN5O2S. The Bertz CT molecular complexity index is 1030. The van der Waals surface area contributed by atoms with Crippen LogP contribution in [0.25, 0.3) is 0 Å². The van der Waals surface area contributed by atoms with Crippen molar-refractivity contribution in [3.63, 3.8) is 0 Å². The van der Waals surface area contributed by atoms with E-state index in [1.807, 2.05) is 47.4 Å². The van der Waals surface area contributed by atoms with Gasteiger partial charge in [-0.1, -0.05) is 29.8 Å². The summed E-state index contributed by atoms with van der Waals surface area (Å²) in [4.78, 5) is 33.2. The number of hydrogen-bond acceptors (Lipinski definition) is 5. The van der Waals surface area contributed by atoms with Gasteiger partial charge in [0.25, 0.3) is 0 Å². The standard InChI is InChI=1S/C22H22ClN5O2S/c23-16-6-8-19(9-7-16)27-10-12-28(13-11-27)20(29)14-18-15-31-22(25-18)26-21(30)24-17-4-2-1-3-5-17/h1-9,15H,10-14H2,(H2,24,25,26,30). The number of nitrogens with zero attached hydrogens (tertiary/aromatic N) is 3. The number of benzene rings is 2. The average molecular weight is 456 g/mol. The summed E-state index contributed by atoms with van der Waals surface area (Å²) in [6, 6.07) is 16.6. The number of carbonyl (C=O) groups is 2. The van der Waals surface area contributed by atoms with Crippen molar-refractivity contribution in [1.29, 1.82) is 0 Å². The minimum atomic E-state index is -0.364. The molecule has 0 atom stereocenters. The molecule has 2 N–H and O–H groups in total. The fraction of sp³-hybridized carbons (Fsp3) is 0.227. The third-order valence-corrected chi connectivity index (χ3v) is 6.02. The topological polar surface area (TPSA) is 77.6 Å². The summed E-state index contributed by atoms with van der Waals surface area (Å²) in [7, 11) is 0. The van der Waals surface area contributed by atoms with Gasteiger partial charge in [0.1, 0.15) is 0 Å². The van der Waals surface area contributed by atoms with E-state index < -0.39 is 0 Å². The fourth-order valence-corrected chi connectivity index (χ4v) is 4.19. The van der Waals surface area contributed by atoms with E-state index in [1.165, 1.54) is 11.3 Å². The van der Waals surface area contributed by atoms with Crippen molar-refractivity contribution in [2.75, 3.05) is 41.7 Å². The number of hydrogen-bond donors (Lipinski definition) is 2. The highest BCUT2D eigenvalue weighted by Gasteiger charge is 2.22. The molecule has 1 saturated heterocycles. The molecule has 2 aromatic carbocycles. The van der Waals surface area contributed by atoms with Crippen LogP contribution in [0.1, 0.15) is 5.69 Å². The number of para-hydroxylation sites is 1. The zero-order chi connectivity index (χ0) is 21.6. The normalized spacial score (nSPS) is 13.7. The first kappa shape index (κ1) is 21.1. The SMILES string of the molecule is O=C(Nc1ccccc1)Nc1nc(CC(=O)N2CCN(c3ccc(Cl)cc3)CC2)cs1. The van der Waals surface area contributed by atoms with Gasteiger partial charge in [0.2, 0.25) is 5.91 Å². The van der Waals surface area contributed by atoms with Crippen LogP contribution in [0.4, 0.5) is 21.3 Å². The number of carbonyl (C=O) groups excluding carboxylic acids is 2. The van der Waals surface area contributed by atoms with Crippen molar-refractivity contribution in [1.82, 2.24) is 9.88 Å². The van der Waals surface area contributed by atoms with Gasteiger partial charge >= 0.3 is 6.03 Å². The summed E-state index contributed by atoms with van der Waals surface area (Å²) in [5.41, 5.74) is 2.47. The van der Waals surface area contributed by atoms with E-state index in [9.17, 15) is 9.59 Å². The van der Waals surface area contributed by atoms with Crippen LogP contribution in [0.3, 0.4) is 0 Å². The summed E-state index contributed by atoms with van der Waals surface area (Å²) < 4.78 is 0. The Morgan fingerprint density at radius 2 is 1.68 bits per heavy atom. The van der Waals surface area contributed by atoms with E-state index in [4.69, 9.17) is 11.6 Å². The summed E-state index contributed by atoms with van der Waals surface area (Å²) in [5, 5.41) is 8.43. The molecule has 160 valence electrons. The number of aromatic nitrogens is 1. The Balaban J connectivity index is 1.25. The van der Waals surface area contributed by atoms with Crippen molar-refractivity contribution in [3.05, 3.63) is 70.7 Å². The second-order valence-corrected chi connectivity index (χ2v) is 8.40. The molecule has 0 aliphatic carbocycles. The molecule has 0 spiro atoms. The number of halogens is 1. The Labute approximate surface area is 189 Å². The van der Waals surface area contributed by atoms with Crippen LogP contribution in [0.2, 0.25) is 5.02 Å². The first-order valence-corrected chi connectivity index (χ1v) is 11.2. The summed E-state index contributed by atoms with van der Waals surface area (Å²) >= 11 is 7.26. The molecule has 1 aliphatic rings. The second kappa shape index (κ2) is 9.80. The lowest BCUT2D eigenvalue weighted by Gasteiger charge is -2.36. The lowest BCUT2D eigenvalue weighted by atomic mass is 10.2. The van der Waals surface area contributed by atoms with Crippen LogP contribution in [0.15, 0.2) is 60.0 Å². The molecule has 0 radical (unpaired) electrons. The predicted molar refractivity (Wildman–Crippen MR) is 125 cm³/mol. The Morgan fingerprint density at radius 1 is 0.968 bits per heavy atom. The molecule has 2 heterocycles. The lowest BCUT2D eigenvalue weighted by Crippen LogP contribution is -2.49. The third-order valence-electron chi connectivity index (χ3n) is 4.96. The maximum absolute atomic E-state index is 12.7. The molecule has 3 amide bonds. The number of urea groups is 1. The van der Waals surface area contributed by atoms with E-state index in [2.05, 4.69) is 20.5 Å². The molecule has 3 aromatic rings. The molecule has 0 unspecified atom stereocenters. The first-order valence-electron chi connectivity index (χ1n) is 9.92. The van der Waals surface area contributed by atoms with Crippen LogP contribution < -0.4 is 15.5 Å². The number of anilines is 3. The van der Waals surface area contributed by atoms with Crippen molar-refractivity contribution in [2.45, 2.75) is 6.42 Å². The predicted octanol–water partition coefficient (Wildman–Crippen LogP) is 4.33. The summed E-state index contributed by atoms with van der Waals surface area (Å²) in [6.07, 6.45) is 0.222. The van der Waals surface area contributed by atoms with Gasteiger partial charge in [-0.15, -0.1) is 11.3 Å². The summed E-state index contributed by atoms with van der Waals surface area (Å²) in [5.74, 6) is 0.0429. The number of thiazole rings is 1. The van der Waals surface area contributed by atoms with E-state index in [1.54, 1.807) is 17.5 Å². The minimum absolute atomic E-state index is 0.0429. The number of rotatable bonds is 5. The molecule has 1 aliphatic heterocycles. The zero-order valence-corrected chi connectivity index (χ0v) is 18.3. The Hall–Kier alpha value is -3.10. The van der Waals surface area contributed by atoms with Gasteiger partial charge in [-0.2, -0.15) is 0 Å². The highest BCUT2D eigenvalue weighted by Crippen LogP contribution is 2.21. The smallest absolute Gasteiger partial charge is 0.325 e. The van der Waals surface area contributed by atoms with Crippen LogP contribution in [-0.2, 0) is 11.2 Å². The number of piperazine rings is 1. The zero-order valence-electron chi connectivity index (χ0n) is 16.8. The molecule has 9 heteroatoms. The van der Waals surface area contributed by atoms with Crippen molar-refractivity contribution in [2.24, 2.45) is 0 Å². The monoisotopic (exact) mass is 455 g/mol. The Kier molecular flexibility index (Phi) is 6.69. The first-order chi connectivity index (χ1) is 15.1. The second-order valence-electron chi connectivity index (χ2n) is 7.11. The van der Waals surface area contributed by atoms with Crippen LogP contribution in [0, 0.1) is 0 Å². The van der Waals surface area contributed by atoms with Gasteiger partial charge in [0.15, 0.2) is 5.13 Å². The highest BCUT2D eigenvalue weighted by molar-refractivity contribution is 7.14. The van der Waals surface area contributed by atoms with Gasteiger partial charge < -0.3 is 15.1 Å². The van der Waals surface area contributed by atoms with Crippen LogP contribution in [0.5, 0.6) is 0 Å². The van der Waals surface area contributed by atoms with Crippen molar-refractivity contribution >= 4 is 51.4 Å². The quantitative estimate of drug-likeness (QED) is 0.600. The number of nitrogens with one attached hydrogen (secondary N) is 2. The maximum Gasteiger partial charge on any atom is 0.325 e. The van der Waals surface area contributed by atoms with E-state index in [0.29, 0.717) is 34.6 Å². The van der Waals surface area contributed by atoms with Crippen molar-refractivity contribution < 1.29 is 9.59 Å².